The van der Waals surface area contributed by atoms with Crippen LogP contribution in [-0.4, -0.2) is 18.4 Å². The fourth-order valence-corrected chi connectivity index (χ4v) is 3.33. The molecular formula is C12H19NO. The number of hydrogen-bond acceptors (Lipinski definition) is 2. The van der Waals surface area contributed by atoms with Crippen LogP contribution in [0.5, 0.6) is 0 Å². The molecule has 0 aromatic heterocycles. The zero-order valence-corrected chi connectivity index (χ0v) is 8.72. The molecule has 14 heavy (non-hydrogen) atoms. The van der Waals surface area contributed by atoms with Crippen molar-refractivity contribution < 1.29 is 4.79 Å². The first-order chi connectivity index (χ1) is 6.82. The van der Waals surface area contributed by atoms with Crippen LogP contribution in [0.25, 0.3) is 0 Å². The Hall–Kier alpha value is -0.370. The van der Waals surface area contributed by atoms with Gasteiger partial charge in [-0.15, -0.1) is 0 Å². The lowest BCUT2D eigenvalue weighted by molar-refractivity contribution is -0.125. The van der Waals surface area contributed by atoms with Gasteiger partial charge in [0.2, 0.25) is 0 Å². The van der Waals surface area contributed by atoms with Crippen molar-refractivity contribution in [3.05, 3.63) is 0 Å². The number of Topliss-reactive ketones (excluding diaryl/α,β-unsaturated/α-hetero) is 1. The number of ketones is 1. The summed E-state index contributed by atoms with van der Waals surface area (Å²) in [5, 5.41) is 3.54. The fraction of sp³-hybridized carbons (Fsp3) is 0.917. The van der Waals surface area contributed by atoms with Gasteiger partial charge >= 0.3 is 0 Å². The molecule has 2 nitrogen and oxygen atoms in total. The van der Waals surface area contributed by atoms with Crippen molar-refractivity contribution >= 4 is 5.78 Å². The van der Waals surface area contributed by atoms with Crippen LogP contribution >= 0.6 is 0 Å². The van der Waals surface area contributed by atoms with Crippen LogP contribution in [0.2, 0.25) is 0 Å². The van der Waals surface area contributed by atoms with E-state index in [2.05, 4.69) is 5.32 Å². The summed E-state index contributed by atoms with van der Waals surface area (Å²) in [4.78, 5) is 12.1. The van der Waals surface area contributed by atoms with Crippen molar-refractivity contribution in [2.75, 3.05) is 6.54 Å². The molecule has 1 heterocycles. The van der Waals surface area contributed by atoms with E-state index < -0.39 is 0 Å². The maximum Gasteiger partial charge on any atom is 0.143 e. The third kappa shape index (κ3) is 1.23. The first kappa shape index (κ1) is 8.90. The predicted octanol–water partition coefficient (Wildman–Crippen LogP) is 1.89. The van der Waals surface area contributed by atoms with Crippen molar-refractivity contribution in [1.82, 2.24) is 5.32 Å². The van der Waals surface area contributed by atoms with Crippen LogP contribution in [0, 0.1) is 11.3 Å². The van der Waals surface area contributed by atoms with Gasteiger partial charge in [-0.2, -0.15) is 0 Å². The minimum atomic E-state index is 0.198. The lowest BCUT2D eigenvalue weighted by Crippen LogP contribution is -2.42. The average Bonchev–Trinajstić information content (AvgIpc) is 2.93. The minimum Gasteiger partial charge on any atom is -0.313 e. The largest absolute Gasteiger partial charge is 0.313 e. The lowest BCUT2D eigenvalue weighted by Gasteiger charge is -2.28. The number of rotatable bonds is 1. The number of hydrogen-bond donors (Lipinski definition) is 1. The molecule has 3 fully saturated rings. The minimum absolute atomic E-state index is 0.198. The SMILES string of the molecule is O=C1C(C2CCCCN2)CCC12CC2. The molecule has 2 saturated carbocycles. The summed E-state index contributed by atoms with van der Waals surface area (Å²) >= 11 is 0. The van der Waals surface area contributed by atoms with Gasteiger partial charge in [0.1, 0.15) is 5.78 Å². The van der Waals surface area contributed by atoms with E-state index in [1.807, 2.05) is 0 Å². The van der Waals surface area contributed by atoms with Gasteiger partial charge in [-0.3, -0.25) is 4.79 Å². The van der Waals surface area contributed by atoms with E-state index in [1.165, 1.54) is 38.5 Å². The second-order valence-corrected chi connectivity index (χ2v) is 5.35. The Bertz CT molecular complexity index is 251. The van der Waals surface area contributed by atoms with Gasteiger partial charge in [-0.1, -0.05) is 6.42 Å². The molecule has 0 bridgehead atoms. The molecule has 3 aliphatic rings. The maximum absolute atomic E-state index is 12.1. The third-order valence-corrected chi connectivity index (χ3v) is 4.48. The molecule has 2 heteroatoms. The number of piperidine rings is 1. The van der Waals surface area contributed by atoms with E-state index in [0.29, 0.717) is 17.7 Å². The summed E-state index contributed by atoms with van der Waals surface area (Å²) in [6.45, 7) is 1.13. The van der Waals surface area contributed by atoms with Gasteiger partial charge in [-0.25, -0.2) is 0 Å². The first-order valence-electron chi connectivity index (χ1n) is 6.10. The molecule has 0 amide bonds. The summed E-state index contributed by atoms with van der Waals surface area (Å²) < 4.78 is 0. The van der Waals surface area contributed by atoms with Crippen molar-refractivity contribution in [3.8, 4) is 0 Å². The molecule has 2 atom stereocenters. The van der Waals surface area contributed by atoms with E-state index in [9.17, 15) is 4.79 Å². The van der Waals surface area contributed by atoms with Crippen molar-refractivity contribution in [3.63, 3.8) is 0 Å². The highest BCUT2D eigenvalue weighted by Gasteiger charge is 2.56. The van der Waals surface area contributed by atoms with Crippen LogP contribution in [-0.2, 0) is 4.79 Å². The summed E-state index contributed by atoms with van der Waals surface area (Å²) in [6.07, 6.45) is 8.57. The Morgan fingerprint density at radius 2 is 2.00 bits per heavy atom. The quantitative estimate of drug-likeness (QED) is 0.689. The molecule has 0 aromatic rings. The van der Waals surface area contributed by atoms with Gasteiger partial charge in [0.05, 0.1) is 0 Å². The zero-order valence-electron chi connectivity index (χ0n) is 8.72. The molecule has 1 aliphatic heterocycles. The van der Waals surface area contributed by atoms with Gasteiger partial charge in [0.25, 0.3) is 0 Å². The molecule has 0 aromatic carbocycles. The summed E-state index contributed by atoms with van der Waals surface area (Å²) in [6, 6.07) is 0.524. The Labute approximate surface area is 85.4 Å². The zero-order chi connectivity index (χ0) is 9.60. The highest BCUT2D eigenvalue weighted by Crippen LogP contribution is 2.57. The van der Waals surface area contributed by atoms with Crippen LogP contribution in [0.3, 0.4) is 0 Å². The Kier molecular flexibility index (Phi) is 1.94. The van der Waals surface area contributed by atoms with Crippen molar-refractivity contribution in [2.45, 2.75) is 51.0 Å². The Morgan fingerprint density at radius 3 is 2.57 bits per heavy atom. The van der Waals surface area contributed by atoms with Gasteiger partial charge < -0.3 is 5.32 Å². The van der Waals surface area contributed by atoms with E-state index >= 15 is 0 Å². The average molecular weight is 193 g/mol. The summed E-state index contributed by atoms with van der Waals surface area (Å²) in [5.74, 6) is 0.981. The van der Waals surface area contributed by atoms with Gasteiger partial charge in [0, 0.05) is 17.4 Å². The number of carbonyl (C=O) groups is 1. The van der Waals surface area contributed by atoms with Gasteiger partial charge in [0.15, 0.2) is 0 Å². The van der Waals surface area contributed by atoms with Crippen molar-refractivity contribution in [1.29, 1.82) is 0 Å². The third-order valence-electron chi connectivity index (χ3n) is 4.48. The highest BCUT2D eigenvalue weighted by atomic mass is 16.1. The molecule has 3 rings (SSSR count). The van der Waals surface area contributed by atoms with Crippen LogP contribution in [0.4, 0.5) is 0 Å². The predicted molar refractivity (Wildman–Crippen MR) is 55.0 cm³/mol. The first-order valence-corrected chi connectivity index (χ1v) is 6.10. The van der Waals surface area contributed by atoms with E-state index in [4.69, 9.17) is 0 Å². The van der Waals surface area contributed by atoms with E-state index in [1.54, 1.807) is 0 Å². The van der Waals surface area contributed by atoms with Gasteiger partial charge in [-0.05, 0) is 45.1 Å². The molecule has 78 valence electrons. The molecular weight excluding hydrogens is 174 g/mol. The van der Waals surface area contributed by atoms with Crippen LogP contribution in [0.15, 0.2) is 0 Å². The fourth-order valence-electron chi connectivity index (χ4n) is 3.33. The maximum atomic E-state index is 12.1. The molecule has 1 saturated heterocycles. The van der Waals surface area contributed by atoms with Crippen LogP contribution < -0.4 is 5.32 Å². The van der Waals surface area contributed by atoms with Crippen LogP contribution in [0.1, 0.15) is 44.9 Å². The molecule has 2 unspecified atom stereocenters. The Balaban J connectivity index is 1.70. The van der Waals surface area contributed by atoms with E-state index in [0.717, 1.165) is 13.0 Å². The lowest BCUT2D eigenvalue weighted by atomic mass is 9.89. The van der Waals surface area contributed by atoms with E-state index in [-0.39, 0.29) is 5.41 Å². The molecule has 0 radical (unpaired) electrons. The highest BCUT2D eigenvalue weighted by molar-refractivity contribution is 5.92. The molecule has 2 aliphatic carbocycles. The summed E-state index contributed by atoms with van der Waals surface area (Å²) in [5.41, 5.74) is 0.198. The number of carbonyl (C=O) groups excluding carboxylic acids is 1. The van der Waals surface area contributed by atoms with Crippen molar-refractivity contribution in [2.24, 2.45) is 11.3 Å². The molecule has 1 spiro atoms. The second-order valence-electron chi connectivity index (χ2n) is 5.35. The molecule has 1 N–H and O–H groups in total. The number of nitrogens with one attached hydrogen (secondary N) is 1. The smallest absolute Gasteiger partial charge is 0.143 e. The second kappa shape index (κ2) is 3.06. The standard InChI is InChI=1S/C12H19NO/c14-11-9(4-5-12(11)6-7-12)10-3-1-2-8-13-10/h9-10,13H,1-8H2. The topological polar surface area (TPSA) is 29.1 Å². The normalized spacial score (nSPS) is 40.4. The summed E-state index contributed by atoms with van der Waals surface area (Å²) in [7, 11) is 0. The monoisotopic (exact) mass is 193 g/mol. The Morgan fingerprint density at radius 1 is 1.14 bits per heavy atom.